The Morgan fingerprint density at radius 1 is 1.25 bits per heavy atom. The third-order valence-electron chi connectivity index (χ3n) is 3.90. The van der Waals surface area contributed by atoms with E-state index in [0.717, 1.165) is 29.7 Å². The molecule has 0 bridgehead atoms. The van der Waals surface area contributed by atoms with Gasteiger partial charge >= 0.3 is 0 Å². The van der Waals surface area contributed by atoms with Gasteiger partial charge in [0, 0.05) is 12.6 Å². The van der Waals surface area contributed by atoms with Gasteiger partial charge in [0.1, 0.15) is 0 Å². The van der Waals surface area contributed by atoms with Crippen LogP contribution in [0, 0.1) is 19.8 Å². The minimum Gasteiger partial charge on any atom is -0.313 e. The molecule has 1 aromatic carbocycles. The lowest BCUT2D eigenvalue weighted by Crippen LogP contribution is -2.28. The van der Waals surface area contributed by atoms with Crippen molar-refractivity contribution in [3.05, 3.63) is 28.8 Å². The van der Waals surface area contributed by atoms with Gasteiger partial charge in [-0.3, -0.25) is 0 Å². The van der Waals surface area contributed by atoms with E-state index in [2.05, 4.69) is 17.0 Å². The van der Waals surface area contributed by atoms with Crippen molar-refractivity contribution in [3.63, 3.8) is 0 Å². The normalized spacial score (nSPS) is 22.0. The lowest BCUT2D eigenvalue weighted by Gasteiger charge is -2.14. The standard InChI is InChI=1S/C15H24N2O2S/c1-5-16-9-13-8-15(12(4)6-10(13)2)20(18,19)17-14-7-11(14)3/h6,8,11,14,16-17H,5,7,9H2,1-4H3. The molecule has 0 saturated heterocycles. The Morgan fingerprint density at radius 3 is 2.45 bits per heavy atom. The molecule has 1 aromatic rings. The molecule has 2 unspecified atom stereocenters. The Morgan fingerprint density at radius 2 is 1.90 bits per heavy atom. The van der Waals surface area contributed by atoms with Crippen LogP contribution in [0.4, 0.5) is 0 Å². The third kappa shape index (κ3) is 3.40. The summed E-state index contributed by atoms with van der Waals surface area (Å²) in [5, 5.41) is 3.25. The fourth-order valence-corrected chi connectivity index (χ4v) is 4.00. The largest absolute Gasteiger partial charge is 0.313 e. The highest BCUT2D eigenvalue weighted by atomic mass is 32.2. The number of rotatable bonds is 6. The van der Waals surface area contributed by atoms with E-state index >= 15 is 0 Å². The van der Waals surface area contributed by atoms with Crippen molar-refractivity contribution in [1.29, 1.82) is 0 Å². The van der Waals surface area contributed by atoms with Crippen molar-refractivity contribution in [3.8, 4) is 0 Å². The number of benzene rings is 1. The minimum absolute atomic E-state index is 0.109. The highest BCUT2D eigenvalue weighted by molar-refractivity contribution is 7.89. The monoisotopic (exact) mass is 296 g/mol. The summed E-state index contributed by atoms with van der Waals surface area (Å²) in [6.45, 7) is 9.54. The average Bonchev–Trinajstić information content (AvgIpc) is 3.02. The van der Waals surface area contributed by atoms with Crippen molar-refractivity contribution in [2.75, 3.05) is 6.54 Å². The SMILES string of the molecule is CCNCc1cc(S(=O)(=O)NC2CC2C)c(C)cc1C. The van der Waals surface area contributed by atoms with E-state index in [4.69, 9.17) is 0 Å². The first kappa shape index (κ1) is 15.5. The Labute approximate surface area is 122 Å². The molecule has 0 spiro atoms. The van der Waals surface area contributed by atoms with Crippen LogP contribution in [0.1, 0.15) is 37.0 Å². The first-order chi connectivity index (χ1) is 9.35. The molecule has 1 aliphatic carbocycles. The first-order valence-electron chi connectivity index (χ1n) is 7.18. The summed E-state index contributed by atoms with van der Waals surface area (Å²) in [5.41, 5.74) is 2.98. The van der Waals surface area contributed by atoms with Crippen LogP contribution in [-0.4, -0.2) is 21.0 Å². The van der Waals surface area contributed by atoms with Crippen molar-refractivity contribution < 1.29 is 8.42 Å². The predicted molar refractivity (Wildman–Crippen MR) is 81.2 cm³/mol. The maximum atomic E-state index is 12.5. The second-order valence-corrected chi connectivity index (χ2v) is 7.45. The van der Waals surface area contributed by atoms with Crippen molar-refractivity contribution in [1.82, 2.24) is 10.0 Å². The molecule has 20 heavy (non-hydrogen) atoms. The van der Waals surface area contributed by atoms with Gasteiger partial charge in [0.15, 0.2) is 0 Å². The molecular weight excluding hydrogens is 272 g/mol. The van der Waals surface area contributed by atoms with Gasteiger partial charge in [0.25, 0.3) is 0 Å². The van der Waals surface area contributed by atoms with E-state index in [0.29, 0.717) is 17.4 Å². The summed E-state index contributed by atoms with van der Waals surface area (Å²) in [4.78, 5) is 0.412. The molecule has 4 nitrogen and oxygen atoms in total. The van der Waals surface area contributed by atoms with E-state index in [1.54, 1.807) is 0 Å². The predicted octanol–water partition coefficient (Wildman–Crippen LogP) is 2.10. The minimum atomic E-state index is -3.40. The zero-order valence-corrected chi connectivity index (χ0v) is 13.5. The molecular formula is C15H24N2O2S. The molecule has 2 atom stereocenters. The summed E-state index contributed by atoms with van der Waals surface area (Å²) in [7, 11) is -3.40. The highest BCUT2D eigenvalue weighted by Crippen LogP contribution is 2.31. The second-order valence-electron chi connectivity index (χ2n) is 5.77. The summed E-state index contributed by atoms with van der Waals surface area (Å²) < 4.78 is 27.7. The fraction of sp³-hybridized carbons (Fsp3) is 0.600. The van der Waals surface area contributed by atoms with Crippen molar-refractivity contribution in [2.24, 2.45) is 5.92 Å². The second kappa shape index (κ2) is 5.84. The molecule has 1 fully saturated rings. The quantitative estimate of drug-likeness (QED) is 0.845. The van der Waals surface area contributed by atoms with Crippen LogP contribution < -0.4 is 10.0 Å². The van der Waals surface area contributed by atoms with Gasteiger partial charge in [0.05, 0.1) is 4.90 Å². The zero-order valence-electron chi connectivity index (χ0n) is 12.7. The van der Waals surface area contributed by atoms with E-state index in [1.165, 1.54) is 0 Å². The summed E-state index contributed by atoms with van der Waals surface area (Å²) >= 11 is 0. The molecule has 2 rings (SSSR count). The van der Waals surface area contributed by atoms with Gasteiger partial charge in [-0.2, -0.15) is 0 Å². The molecule has 0 radical (unpaired) electrons. The Bertz CT molecular complexity index is 596. The van der Waals surface area contributed by atoms with Gasteiger partial charge in [-0.05, 0) is 55.5 Å². The van der Waals surface area contributed by atoms with E-state index in [9.17, 15) is 8.42 Å². The molecule has 112 valence electrons. The molecule has 1 saturated carbocycles. The van der Waals surface area contributed by atoms with E-state index < -0.39 is 10.0 Å². The van der Waals surface area contributed by atoms with E-state index in [1.807, 2.05) is 32.9 Å². The topological polar surface area (TPSA) is 58.2 Å². The van der Waals surface area contributed by atoms with Gasteiger partial charge in [0.2, 0.25) is 10.0 Å². The van der Waals surface area contributed by atoms with Gasteiger partial charge in [-0.15, -0.1) is 0 Å². The number of hydrogen-bond acceptors (Lipinski definition) is 3. The molecule has 1 aliphatic rings. The van der Waals surface area contributed by atoms with Gasteiger partial charge in [-0.1, -0.05) is 19.9 Å². The molecule has 2 N–H and O–H groups in total. The number of aryl methyl sites for hydroxylation is 2. The van der Waals surface area contributed by atoms with Crippen LogP contribution in [0.25, 0.3) is 0 Å². The maximum Gasteiger partial charge on any atom is 0.241 e. The summed E-state index contributed by atoms with van der Waals surface area (Å²) in [6, 6.07) is 3.87. The van der Waals surface area contributed by atoms with Crippen LogP contribution in [0.3, 0.4) is 0 Å². The fourth-order valence-electron chi connectivity index (χ4n) is 2.36. The number of hydrogen-bond donors (Lipinski definition) is 2. The molecule has 0 amide bonds. The molecule has 0 aromatic heterocycles. The number of nitrogens with one attached hydrogen (secondary N) is 2. The lowest BCUT2D eigenvalue weighted by molar-refractivity contribution is 0.577. The van der Waals surface area contributed by atoms with Gasteiger partial charge < -0.3 is 5.32 Å². The van der Waals surface area contributed by atoms with Gasteiger partial charge in [-0.25, -0.2) is 13.1 Å². The van der Waals surface area contributed by atoms with Crippen LogP contribution in [-0.2, 0) is 16.6 Å². The van der Waals surface area contributed by atoms with Crippen molar-refractivity contribution in [2.45, 2.75) is 51.6 Å². The highest BCUT2D eigenvalue weighted by Gasteiger charge is 2.36. The Kier molecular flexibility index (Phi) is 4.52. The zero-order chi connectivity index (χ0) is 14.9. The Balaban J connectivity index is 2.30. The molecule has 0 aliphatic heterocycles. The third-order valence-corrected chi connectivity index (χ3v) is 5.54. The maximum absolute atomic E-state index is 12.5. The van der Waals surface area contributed by atoms with Crippen LogP contribution in [0.15, 0.2) is 17.0 Å². The van der Waals surface area contributed by atoms with Crippen LogP contribution in [0.2, 0.25) is 0 Å². The molecule has 5 heteroatoms. The van der Waals surface area contributed by atoms with Crippen molar-refractivity contribution >= 4 is 10.0 Å². The van der Waals surface area contributed by atoms with E-state index in [-0.39, 0.29) is 6.04 Å². The molecule has 0 heterocycles. The Hall–Kier alpha value is -0.910. The number of sulfonamides is 1. The van der Waals surface area contributed by atoms with Crippen LogP contribution >= 0.6 is 0 Å². The summed E-state index contributed by atoms with van der Waals surface area (Å²) in [5.74, 6) is 0.455. The van der Waals surface area contributed by atoms with Crippen LogP contribution in [0.5, 0.6) is 0 Å². The average molecular weight is 296 g/mol. The lowest BCUT2D eigenvalue weighted by atomic mass is 10.1. The summed E-state index contributed by atoms with van der Waals surface area (Å²) in [6.07, 6.45) is 0.939. The first-order valence-corrected chi connectivity index (χ1v) is 8.66. The smallest absolute Gasteiger partial charge is 0.241 e.